The number of allylic oxidation sites excluding steroid dienone is 1. The van der Waals surface area contributed by atoms with Crippen molar-refractivity contribution in [1.29, 1.82) is 0 Å². The summed E-state index contributed by atoms with van der Waals surface area (Å²) >= 11 is 0. The maximum absolute atomic E-state index is 5.34. The smallest absolute Gasteiger partial charge is 0.240 e. The summed E-state index contributed by atoms with van der Waals surface area (Å²) < 4.78 is 4.28. The Balaban J connectivity index is 1.09. The first-order valence-electron chi connectivity index (χ1n) is 20.2. The van der Waals surface area contributed by atoms with Crippen molar-refractivity contribution < 1.29 is 0 Å². The molecule has 0 N–H and O–H groups in total. The van der Waals surface area contributed by atoms with Crippen LogP contribution in [-0.2, 0) is 5.41 Å². The van der Waals surface area contributed by atoms with E-state index in [1.54, 1.807) is 0 Å². The van der Waals surface area contributed by atoms with Crippen LogP contribution in [0.5, 0.6) is 0 Å². The van der Waals surface area contributed by atoms with Crippen LogP contribution in [0.1, 0.15) is 25.0 Å². The van der Waals surface area contributed by atoms with Gasteiger partial charge in [-0.1, -0.05) is 141 Å². The summed E-state index contributed by atoms with van der Waals surface area (Å²) in [6, 6.07) is 58.1. The number of hydrogen-bond acceptors (Lipinski definition) is 3. The van der Waals surface area contributed by atoms with Gasteiger partial charge in [-0.3, -0.25) is 9.13 Å². The van der Waals surface area contributed by atoms with Gasteiger partial charge >= 0.3 is 0 Å². The van der Waals surface area contributed by atoms with Crippen molar-refractivity contribution in [2.75, 3.05) is 0 Å². The van der Waals surface area contributed by atoms with Crippen LogP contribution in [0.4, 0.5) is 0 Å². The van der Waals surface area contributed by atoms with Crippen LogP contribution in [0.15, 0.2) is 182 Å². The molecule has 0 unspecified atom stereocenters. The molecule has 12 rings (SSSR count). The predicted molar refractivity (Wildman–Crippen MR) is 241 cm³/mol. The molecule has 4 aliphatic rings. The van der Waals surface area contributed by atoms with Crippen LogP contribution in [0.3, 0.4) is 0 Å². The second kappa shape index (κ2) is 12.7. The first-order chi connectivity index (χ1) is 29.0. The molecule has 0 fully saturated rings. The lowest BCUT2D eigenvalue weighted by Crippen LogP contribution is -2.31. The molecular weight excluding hydrogens is 719 g/mol. The summed E-state index contributed by atoms with van der Waals surface area (Å²) in [6.45, 7) is 4.73. The zero-order valence-corrected chi connectivity index (χ0v) is 32.6. The molecule has 0 spiro atoms. The number of hydrogen-bond donors (Lipinski definition) is 0. The minimum absolute atomic E-state index is 0.219. The van der Waals surface area contributed by atoms with Gasteiger partial charge in [0.25, 0.3) is 0 Å². The third-order valence-corrected chi connectivity index (χ3v) is 12.3. The Morgan fingerprint density at radius 3 is 1.75 bits per heavy atom. The van der Waals surface area contributed by atoms with Crippen LogP contribution < -0.4 is 10.4 Å². The lowest BCUT2D eigenvalue weighted by molar-refractivity contribution is 0.689. The number of aromatic nitrogens is 5. The van der Waals surface area contributed by atoms with E-state index >= 15 is 0 Å². The van der Waals surface area contributed by atoms with Gasteiger partial charge < -0.3 is 0 Å². The highest BCUT2D eigenvalue weighted by Crippen LogP contribution is 2.50. The Morgan fingerprint density at radius 1 is 0.492 bits per heavy atom. The summed E-state index contributed by atoms with van der Waals surface area (Å²) in [5, 5.41) is 4.88. The molecule has 0 amide bonds. The van der Waals surface area contributed by atoms with Crippen LogP contribution in [0.2, 0.25) is 0 Å². The molecule has 3 heterocycles. The largest absolute Gasteiger partial charge is 0.292 e. The van der Waals surface area contributed by atoms with E-state index in [1.165, 1.54) is 55.0 Å². The van der Waals surface area contributed by atoms with E-state index in [1.807, 2.05) is 18.2 Å². The third-order valence-electron chi connectivity index (χ3n) is 12.3. The van der Waals surface area contributed by atoms with Crippen LogP contribution in [0.25, 0.3) is 96.2 Å². The van der Waals surface area contributed by atoms with E-state index in [0.717, 1.165) is 38.5 Å². The molecule has 0 bridgehead atoms. The maximum atomic E-state index is 5.34. The lowest BCUT2D eigenvalue weighted by Gasteiger charge is -2.33. The molecule has 0 atom stereocenters. The molecule has 0 saturated heterocycles. The van der Waals surface area contributed by atoms with Crippen molar-refractivity contribution in [2.24, 2.45) is 0 Å². The second-order valence-corrected chi connectivity index (χ2v) is 16.2. The normalized spacial score (nSPS) is 13.9. The van der Waals surface area contributed by atoms with Gasteiger partial charge in [0.2, 0.25) is 11.9 Å². The highest BCUT2D eigenvalue weighted by atomic mass is 15.3. The van der Waals surface area contributed by atoms with Gasteiger partial charge in [-0.05, 0) is 109 Å². The van der Waals surface area contributed by atoms with Gasteiger partial charge in [0, 0.05) is 39.7 Å². The molecule has 0 saturated carbocycles. The molecule has 5 nitrogen and oxygen atoms in total. The fourth-order valence-corrected chi connectivity index (χ4v) is 9.67. The highest BCUT2D eigenvalue weighted by Gasteiger charge is 2.38. The molecule has 8 aromatic rings. The average molecular weight is 756 g/mol. The van der Waals surface area contributed by atoms with Crippen molar-refractivity contribution in [3.8, 4) is 56.7 Å². The predicted octanol–water partition coefficient (Wildman–Crippen LogP) is 11.2. The van der Waals surface area contributed by atoms with Crippen LogP contribution >= 0.6 is 0 Å². The number of nitrogens with zero attached hydrogens (tertiary/aromatic N) is 5. The molecule has 278 valence electrons. The molecular formula is C54H37N5. The topological polar surface area (TPSA) is 48.5 Å². The summed E-state index contributed by atoms with van der Waals surface area (Å²) in [6.07, 6.45) is 9.01. The standard InChI is InChI=1S/C54H37N5/c1-54(2)49-41(28-39-20-12-13-21-43(39)49)30-42-29-40-26-27-58(33-46(40)50(42)54)52-55-51(36-18-10-5-11-19-36)56-53(57-52)59-47-24-22-37(34-14-6-3-7-15-34)31-44(47)45-32-38(23-25-48(45)59)35-16-8-4-9-17-35/h3-33H,1-2H3. The fraction of sp³-hybridized carbons (Fsp3) is 0.0556. The van der Waals surface area contributed by atoms with Gasteiger partial charge in [-0.2, -0.15) is 15.0 Å². The minimum Gasteiger partial charge on any atom is -0.292 e. The zero-order chi connectivity index (χ0) is 39.2. The molecule has 3 aliphatic carbocycles. The van der Waals surface area contributed by atoms with Crippen LogP contribution in [-0.4, -0.2) is 24.1 Å². The fourth-order valence-electron chi connectivity index (χ4n) is 9.67. The van der Waals surface area contributed by atoms with Gasteiger partial charge in [0.15, 0.2) is 5.82 Å². The molecule has 0 radical (unpaired) electrons. The van der Waals surface area contributed by atoms with Gasteiger partial charge in [-0.25, -0.2) is 0 Å². The monoisotopic (exact) mass is 755 g/mol. The molecule has 6 aromatic carbocycles. The van der Waals surface area contributed by atoms with E-state index in [0.29, 0.717) is 17.7 Å². The first kappa shape index (κ1) is 33.5. The summed E-state index contributed by atoms with van der Waals surface area (Å²) in [4.78, 5) is 15.8. The van der Waals surface area contributed by atoms with Gasteiger partial charge in [-0.15, -0.1) is 0 Å². The second-order valence-electron chi connectivity index (χ2n) is 16.2. The van der Waals surface area contributed by atoms with E-state index in [-0.39, 0.29) is 5.41 Å². The number of pyridine rings is 1. The Bertz CT molecular complexity index is 3350. The Morgan fingerprint density at radius 2 is 1.08 bits per heavy atom. The molecule has 1 aliphatic heterocycles. The maximum Gasteiger partial charge on any atom is 0.240 e. The lowest BCUT2D eigenvalue weighted by atomic mass is 9.70. The van der Waals surface area contributed by atoms with Crippen molar-refractivity contribution in [2.45, 2.75) is 19.3 Å². The summed E-state index contributed by atoms with van der Waals surface area (Å²) in [5.41, 5.74) is 15.1. The average Bonchev–Trinajstić information content (AvgIpc) is 3.96. The molecule has 59 heavy (non-hydrogen) atoms. The Kier molecular flexibility index (Phi) is 7.20. The SMILES string of the molecule is CC1(C)C2=c3ccccc3=CC2=Cc2cc3ccn(-c4nc(-c5ccccc5)nc(-n5c6ccc(-c7ccccc7)cc6c6cc(-c7ccccc7)ccc65)n4)cc-3c21. The number of rotatable bonds is 5. The summed E-state index contributed by atoms with van der Waals surface area (Å²) in [7, 11) is 0. The van der Waals surface area contributed by atoms with Crippen molar-refractivity contribution in [3.63, 3.8) is 0 Å². The molecule has 2 aromatic heterocycles. The number of benzene rings is 6. The van der Waals surface area contributed by atoms with E-state index in [2.05, 4.69) is 193 Å². The first-order valence-corrected chi connectivity index (χ1v) is 20.2. The van der Waals surface area contributed by atoms with Crippen molar-refractivity contribution in [3.05, 3.63) is 203 Å². The summed E-state index contributed by atoms with van der Waals surface area (Å²) in [5.74, 6) is 1.73. The Hall–Kier alpha value is -7.63. The van der Waals surface area contributed by atoms with Crippen molar-refractivity contribution >= 4 is 39.5 Å². The zero-order valence-electron chi connectivity index (χ0n) is 32.6. The molecule has 5 heteroatoms. The van der Waals surface area contributed by atoms with Gasteiger partial charge in [0.05, 0.1) is 11.0 Å². The van der Waals surface area contributed by atoms with Crippen molar-refractivity contribution in [1.82, 2.24) is 24.1 Å². The Labute approximate surface area is 341 Å². The third kappa shape index (κ3) is 5.21. The minimum atomic E-state index is -0.219. The van der Waals surface area contributed by atoms with E-state index in [9.17, 15) is 0 Å². The van der Waals surface area contributed by atoms with Crippen LogP contribution in [0, 0.1) is 0 Å². The van der Waals surface area contributed by atoms with E-state index < -0.39 is 0 Å². The van der Waals surface area contributed by atoms with Gasteiger partial charge in [0.1, 0.15) is 0 Å². The van der Waals surface area contributed by atoms with E-state index in [4.69, 9.17) is 15.0 Å². The highest BCUT2D eigenvalue weighted by molar-refractivity contribution is 6.11. The number of fused-ring (bicyclic) bond motifs is 8. The quantitative estimate of drug-likeness (QED) is 0.176.